The topological polar surface area (TPSA) is 62.3 Å². The van der Waals surface area contributed by atoms with Crippen LogP contribution in [0, 0.1) is 6.92 Å². The molecule has 0 atom stereocenters. The van der Waals surface area contributed by atoms with Gasteiger partial charge in [0, 0.05) is 18.7 Å². The third-order valence-corrected chi connectivity index (χ3v) is 4.26. The first-order valence-corrected chi connectivity index (χ1v) is 7.16. The molecule has 1 N–H and O–H groups in total. The molecule has 1 aliphatic carbocycles. The second-order valence-corrected chi connectivity index (χ2v) is 5.70. The largest absolute Gasteiger partial charge is 0.342 e. The number of aromatic nitrogens is 1. The van der Waals surface area contributed by atoms with E-state index in [0.717, 1.165) is 37.1 Å². The summed E-state index contributed by atoms with van der Waals surface area (Å²) in [7, 11) is 0. The van der Waals surface area contributed by atoms with Crippen LogP contribution < -0.4 is 10.2 Å². The summed E-state index contributed by atoms with van der Waals surface area (Å²) in [4.78, 5) is 30.8. The van der Waals surface area contributed by atoms with E-state index in [0.29, 0.717) is 13.0 Å². The van der Waals surface area contributed by atoms with Gasteiger partial charge in [0.05, 0.1) is 11.9 Å². The highest BCUT2D eigenvalue weighted by Gasteiger charge is 2.46. The molecule has 5 nitrogen and oxygen atoms in total. The molecule has 5 heteroatoms. The number of aryl methyl sites for hydroxylation is 1. The van der Waals surface area contributed by atoms with E-state index < -0.39 is 5.54 Å². The number of amides is 2. The van der Waals surface area contributed by atoms with Gasteiger partial charge in [-0.1, -0.05) is 12.8 Å². The number of hydrogen-bond donors (Lipinski definition) is 1. The molecule has 1 saturated carbocycles. The number of anilines is 1. The number of carbonyl (C=O) groups is 2. The predicted octanol–water partition coefficient (Wildman–Crippen LogP) is 1.56. The lowest BCUT2D eigenvalue weighted by Crippen LogP contribution is -2.55. The monoisotopic (exact) mass is 273 g/mol. The third-order valence-electron chi connectivity index (χ3n) is 4.26. The number of pyridine rings is 1. The van der Waals surface area contributed by atoms with Crippen LogP contribution in [0.4, 0.5) is 5.69 Å². The van der Waals surface area contributed by atoms with Crippen molar-refractivity contribution in [1.29, 1.82) is 0 Å². The smallest absolute Gasteiger partial charge is 0.252 e. The van der Waals surface area contributed by atoms with Crippen LogP contribution in [0.1, 0.15) is 37.8 Å². The fourth-order valence-electron chi connectivity index (χ4n) is 3.14. The van der Waals surface area contributed by atoms with E-state index in [1.807, 2.05) is 19.1 Å². The molecule has 0 aromatic carbocycles. The number of hydrogen-bond acceptors (Lipinski definition) is 3. The van der Waals surface area contributed by atoms with Crippen LogP contribution in [0.25, 0.3) is 0 Å². The Labute approximate surface area is 118 Å². The lowest BCUT2D eigenvalue weighted by Gasteiger charge is -2.31. The minimum Gasteiger partial charge on any atom is -0.342 e. The van der Waals surface area contributed by atoms with Crippen molar-refractivity contribution in [1.82, 2.24) is 10.3 Å². The first-order valence-electron chi connectivity index (χ1n) is 7.16. The molecule has 2 aliphatic rings. The summed E-state index contributed by atoms with van der Waals surface area (Å²) in [6.45, 7) is 2.34. The van der Waals surface area contributed by atoms with Gasteiger partial charge in [0.25, 0.3) is 5.91 Å². The molecule has 1 aromatic heterocycles. The van der Waals surface area contributed by atoms with Gasteiger partial charge >= 0.3 is 0 Å². The highest BCUT2D eigenvalue weighted by molar-refractivity contribution is 6.04. The maximum absolute atomic E-state index is 12.9. The molecule has 3 rings (SSSR count). The highest BCUT2D eigenvalue weighted by atomic mass is 16.2. The molecular formula is C15H19N3O2. The Morgan fingerprint density at radius 2 is 2.00 bits per heavy atom. The third kappa shape index (κ3) is 2.17. The Kier molecular flexibility index (Phi) is 3.20. The quantitative estimate of drug-likeness (QED) is 0.844. The zero-order valence-corrected chi connectivity index (χ0v) is 11.7. The first kappa shape index (κ1) is 13.1. The van der Waals surface area contributed by atoms with E-state index in [1.165, 1.54) is 0 Å². The second kappa shape index (κ2) is 4.89. The second-order valence-electron chi connectivity index (χ2n) is 5.70. The maximum atomic E-state index is 12.9. The Bertz CT molecular complexity index is 533. The summed E-state index contributed by atoms with van der Waals surface area (Å²) in [6.07, 6.45) is 5.53. The molecule has 0 unspecified atom stereocenters. The van der Waals surface area contributed by atoms with Gasteiger partial charge in [0.2, 0.25) is 5.91 Å². The van der Waals surface area contributed by atoms with Crippen LogP contribution in [0.5, 0.6) is 0 Å². The van der Waals surface area contributed by atoms with E-state index >= 15 is 0 Å². The molecule has 1 aromatic rings. The van der Waals surface area contributed by atoms with E-state index in [4.69, 9.17) is 0 Å². The number of rotatable bonds is 1. The van der Waals surface area contributed by atoms with Crippen molar-refractivity contribution in [3.63, 3.8) is 0 Å². The van der Waals surface area contributed by atoms with Crippen molar-refractivity contribution >= 4 is 17.5 Å². The minimum atomic E-state index is -0.682. The first-order chi connectivity index (χ1) is 9.61. The zero-order valence-electron chi connectivity index (χ0n) is 11.7. The molecule has 2 heterocycles. The summed E-state index contributed by atoms with van der Waals surface area (Å²) in [5.41, 5.74) is 1.02. The highest BCUT2D eigenvalue weighted by Crippen LogP contribution is 2.34. The molecule has 2 fully saturated rings. The summed E-state index contributed by atoms with van der Waals surface area (Å²) in [5, 5.41) is 2.96. The van der Waals surface area contributed by atoms with Crippen molar-refractivity contribution < 1.29 is 9.59 Å². The minimum absolute atomic E-state index is 0.0199. The van der Waals surface area contributed by atoms with Crippen molar-refractivity contribution in [2.24, 2.45) is 0 Å². The maximum Gasteiger partial charge on any atom is 0.252 e. The fourth-order valence-corrected chi connectivity index (χ4v) is 3.14. The van der Waals surface area contributed by atoms with Gasteiger partial charge in [-0.05, 0) is 31.9 Å². The predicted molar refractivity (Wildman–Crippen MR) is 75.3 cm³/mol. The van der Waals surface area contributed by atoms with Gasteiger partial charge in [0.1, 0.15) is 5.54 Å². The van der Waals surface area contributed by atoms with Crippen LogP contribution in [-0.2, 0) is 9.59 Å². The van der Waals surface area contributed by atoms with Crippen molar-refractivity contribution in [3.05, 3.63) is 24.0 Å². The van der Waals surface area contributed by atoms with E-state index in [2.05, 4.69) is 10.3 Å². The lowest BCUT2D eigenvalue weighted by atomic mass is 9.95. The van der Waals surface area contributed by atoms with Crippen LogP contribution in [-0.4, -0.2) is 28.9 Å². The molecule has 20 heavy (non-hydrogen) atoms. The molecule has 0 bridgehead atoms. The summed E-state index contributed by atoms with van der Waals surface area (Å²) in [6, 6.07) is 3.79. The van der Waals surface area contributed by atoms with Gasteiger partial charge in [-0.3, -0.25) is 14.6 Å². The van der Waals surface area contributed by atoms with Crippen LogP contribution in [0.15, 0.2) is 18.3 Å². The number of carbonyl (C=O) groups excluding carboxylic acids is 2. The van der Waals surface area contributed by atoms with Crippen molar-refractivity contribution in [2.45, 2.75) is 44.6 Å². The van der Waals surface area contributed by atoms with Crippen LogP contribution >= 0.6 is 0 Å². The summed E-state index contributed by atoms with van der Waals surface area (Å²) < 4.78 is 0. The molecule has 0 radical (unpaired) electrons. The Morgan fingerprint density at radius 1 is 1.25 bits per heavy atom. The van der Waals surface area contributed by atoms with Gasteiger partial charge in [-0.2, -0.15) is 0 Å². The van der Waals surface area contributed by atoms with Gasteiger partial charge in [-0.15, -0.1) is 0 Å². The molecule has 106 valence electrons. The van der Waals surface area contributed by atoms with Crippen molar-refractivity contribution in [3.8, 4) is 0 Å². The lowest BCUT2D eigenvalue weighted by molar-refractivity contribution is -0.129. The van der Waals surface area contributed by atoms with E-state index in [1.54, 1.807) is 11.1 Å². The Hall–Kier alpha value is -1.91. The molecule has 1 spiro atoms. The molecular weight excluding hydrogens is 254 g/mol. The SMILES string of the molecule is Cc1ccc(N2CCC(=O)NC3(CCCC3)C2=O)cn1. The van der Waals surface area contributed by atoms with E-state index in [-0.39, 0.29) is 11.8 Å². The standard InChI is InChI=1S/C15H19N3O2/c1-11-4-5-12(10-16-11)18-9-6-13(19)17-15(14(18)20)7-2-3-8-15/h4-5,10H,2-3,6-9H2,1H3,(H,17,19). The average molecular weight is 273 g/mol. The Balaban J connectivity index is 1.95. The van der Waals surface area contributed by atoms with Gasteiger partial charge < -0.3 is 10.2 Å². The zero-order chi connectivity index (χ0) is 14.2. The van der Waals surface area contributed by atoms with Crippen LogP contribution in [0.2, 0.25) is 0 Å². The van der Waals surface area contributed by atoms with Crippen LogP contribution in [0.3, 0.4) is 0 Å². The molecule has 1 aliphatic heterocycles. The summed E-state index contributed by atoms with van der Waals surface area (Å²) >= 11 is 0. The molecule has 1 saturated heterocycles. The van der Waals surface area contributed by atoms with Crippen molar-refractivity contribution in [2.75, 3.05) is 11.4 Å². The fraction of sp³-hybridized carbons (Fsp3) is 0.533. The number of nitrogens with one attached hydrogen (secondary N) is 1. The number of nitrogens with zero attached hydrogens (tertiary/aromatic N) is 2. The van der Waals surface area contributed by atoms with Gasteiger partial charge in [-0.25, -0.2) is 0 Å². The Morgan fingerprint density at radius 3 is 2.65 bits per heavy atom. The van der Waals surface area contributed by atoms with E-state index in [9.17, 15) is 9.59 Å². The van der Waals surface area contributed by atoms with Gasteiger partial charge in [0.15, 0.2) is 0 Å². The molecule has 2 amide bonds. The summed E-state index contributed by atoms with van der Waals surface area (Å²) in [5.74, 6) is -0.00526. The normalized spacial score (nSPS) is 21.9. The average Bonchev–Trinajstić information content (AvgIpc) is 2.85.